The number of aryl methyl sites for hydroxylation is 1. The van der Waals surface area contributed by atoms with Crippen LogP contribution in [-0.4, -0.2) is 43.6 Å². The van der Waals surface area contributed by atoms with Gasteiger partial charge in [-0.05, 0) is 50.0 Å². The van der Waals surface area contributed by atoms with Crippen molar-refractivity contribution >= 4 is 5.82 Å². The predicted octanol–water partition coefficient (Wildman–Crippen LogP) is 1.49. The zero-order valence-electron chi connectivity index (χ0n) is 12.4. The smallest absolute Gasteiger partial charge is 0.128 e. The molecule has 2 heterocycles. The van der Waals surface area contributed by atoms with Crippen LogP contribution in [0.4, 0.5) is 5.82 Å². The predicted molar refractivity (Wildman–Crippen MR) is 80.4 cm³/mol. The molecule has 19 heavy (non-hydrogen) atoms. The second-order valence-corrected chi connectivity index (χ2v) is 5.68. The largest absolute Gasteiger partial charge is 0.359 e. The van der Waals surface area contributed by atoms with Crippen LogP contribution in [0.5, 0.6) is 0 Å². The van der Waals surface area contributed by atoms with E-state index in [0.29, 0.717) is 6.54 Å². The van der Waals surface area contributed by atoms with Crippen LogP contribution in [0.1, 0.15) is 24.6 Å². The maximum absolute atomic E-state index is 5.77. The van der Waals surface area contributed by atoms with Crippen LogP contribution in [-0.2, 0) is 13.0 Å². The van der Waals surface area contributed by atoms with E-state index in [2.05, 4.69) is 43.0 Å². The number of nitrogens with zero attached hydrogens (tertiary/aromatic N) is 3. The zero-order chi connectivity index (χ0) is 13.8. The van der Waals surface area contributed by atoms with Gasteiger partial charge in [0.2, 0.25) is 0 Å². The standard InChI is InChI=1S/C15H26N4/c1-4-14-7-13(9-16)8-15(17-14)19(3)11-12-5-6-18(2)10-12/h7-8,12H,4-6,9-11,16H2,1-3H3. The summed E-state index contributed by atoms with van der Waals surface area (Å²) in [5.74, 6) is 1.82. The minimum atomic E-state index is 0.586. The Morgan fingerprint density at radius 1 is 1.47 bits per heavy atom. The second-order valence-electron chi connectivity index (χ2n) is 5.68. The number of likely N-dealkylation sites (tertiary alicyclic amines) is 1. The summed E-state index contributed by atoms with van der Waals surface area (Å²) in [6, 6.07) is 4.23. The van der Waals surface area contributed by atoms with E-state index in [1.807, 2.05) is 0 Å². The Kier molecular flexibility index (Phi) is 4.77. The van der Waals surface area contributed by atoms with E-state index in [0.717, 1.165) is 30.4 Å². The highest BCUT2D eigenvalue weighted by Crippen LogP contribution is 2.20. The molecule has 1 aliphatic rings. The fourth-order valence-corrected chi connectivity index (χ4v) is 2.78. The number of anilines is 1. The average Bonchev–Trinajstić information content (AvgIpc) is 2.83. The Balaban J connectivity index is 2.07. The van der Waals surface area contributed by atoms with Crippen molar-refractivity contribution in [3.05, 3.63) is 23.4 Å². The van der Waals surface area contributed by atoms with Crippen molar-refractivity contribution in [1.82, 2.24) is 9.88 Å². The van der Waals surface area contributed by atoms with Gasteiger partial charge < -0.3 is 15.5 Å². The molecule has 1 aromatic rings. The van der Waals surface area contributed by atoms with Gasteiger partial charge >= 0.3 is 0 Å². The van der Waals surface area contributed by atoms with Gasteiger partial charge in [-0.3, -0.25) is 0 Å². The lowest BCUT2D eigenvalue weighted by Crippen LogP contribution is -2.28. The van der Waals surface area contributed by atoms with Gasteiger partial charge in [-0.2, -0.15) is 0 Å². The minimum Gasteiger partial charge on any atom is -0.359 e. The molecule has 1 atom stereocenters. The first kappa shape index (κ1) is 14.3. The molecule has 2 rings (SSSR count). The quantitative estimate of drug-likeness (QED) is 0.873. The zero-order valence-corrected chi connectivity index (χ0v) is 12.4. The van der Waals surface area contributed by atoms with Gasteiger partial charge in [-0.15, -0.1) is 0 Å². The van der Waals surface area contributed by atoms with Crippen molar-refractivity contribution in [2.75, 3.05) is 38.6 Å². The molecule has 0 saturated carbocycles. The van der Waals surface area contributed by atoms with Crippen LogP contribution < -0.4 is 10.6 Å². The average molecular weight is 262 g/mol. The Morgan fingerprint density at radius 2 is 2.26 bits per heavy atom. The van der Waals surface area contributed by atoms with Crippen LogP contribution in [0, 0.1) is 5.92 Å². The van der Waals surface area contributed by atoms with E-state index >= 15 is 0 Å². The molecule has 4 nitrogen and oxygen atoms in total. The van der Waals surface area contributed by atoms with E-state index in [4.69, 9.17) is 10.7 Å². The lowest BCUT2D eigenvalue weighted by molar-refractivity contribution is 0.395. The Labute approximate surface area is 116 Å². The third-order valence-corrected chi connectivity index (χ3v) is 3.93. The summed E-state index contributed by atoms with van der Waals surface area (Å²) in [7, 11) is 4.34. The maximum Gasteiger partial charge on any atom is 0.128 e. The topological polar surface area (TPSA) is 45.4 Å². The molecule has 1 aliphatic heterocycles. The summed E-state index contributed by atoms with van der Waals surface area (Å²) in [5, 5.41) is 0. The molecule has 0 spiro atoms. The highest BCUT2D eigenvalue weighted by molar-refractivity contribution is 5.42. The van der Waals surface area contributed by atoms with Crippen LogP contribution in [0.3, 0.4) is 0 Å². The number of hydrogen-bond acceptors (Lipinski definition) is 4. The monoisotopic (exact) mass is 262 g/mol. The van der Waals surface area contributed by atoms with E-state index in [1.165, 1.54) is 25.1 Å². The molecule has 1 fully saturated rings. The van der Waals surface area contributed by atoms with Crippen molar-refractivity contribution < 1.29 is 0 Å². The van der Waals surface area contributed by atoms with E-state index in [1.54, 1.807) is 0 Å². The highest BCUT2D eigenvalue weighted by atomic mass is 15.2. The summed E-state index contributed by atoms with van der Waals surface area (Å²) in [6.07, 6.45) is 2.25. The lowest BCUT2D eigenvalue weighted by Gasteiger charge is -2.23. The summed E-state index contributed by atoms with van der Waals surface area (Å²) >= 11 is 0. The third kappa shape index (κ3) is 3.67. The normalized spacial score (nSPS) is 19.9. The molecule has 0 amide bonds. The molecule has 0 radical (unpaired) electrons. The fourth-order valence-electron chi connectivity index (χ4n) is 2.78. The maximum atomic E-state index is 5.77. The van der Waals surface area contributed by atoms with Crippen molar-refractivity contribution in [3.63, 3.8) is 0 Å². The van der Waals surface area contributed by atoms with E-state index < -0.39 is 0 Å². The van der Waals surface area contributed by atoms with Crippen molar-refractivity contribution in [2.24, 2.45) is 11.7 Å². The Bertz CT molecular complexity index is 396. The molecule has 0 aliphatic carbocycles. The first-order valence-electron chi connectivity index (χ1n) is 7.22. The van der Waals surface area contributed by atoms with Crippen molar-refractivity contribution in [1.29, 1.82) is 0 Å². The van der Waals surface area contributed by atoms with E-state index in [-0.39, 0.29) is 0 Å². The molecule has 0 aromatic carbocycles. The van der Waals surface area contributed by atoms with Gasteiger partial charge in [0.1, 0.15) is 5.82 Å². The lowest BCUT2D eigenvalue weighted by atomic mass is 10.1. The number of hydrogen-bond donors (Lipinski definition) is 1. The molecule has 1 aromatic heterocycles. The summed E-state index contributed by atoms with van der Waals surface area (Å²) in [6.45, 7) is 6.21. The van der Waals surface area contributed by atoms with Crippen LogP contribution in [0.2, 0.25) is 0 Å². The molecule has 1 saturated heterocycles. The summed E-state index contributed by atoms with van der Waals surface area (Å²) in [5.41, 5.74) is 8.08. The molecule has 2 N–H and O–H groups in total. The van der Waals surface area contributed by atoms with Crippen LogP contribution in [0.15, 0.2) is 12.1 Å². The highest BCUT2D eigenvalue weighted by Gasteiger charge is 2.21. The Morgan fingerprint density at radius 3 is 2.84 bits per heavy atom. The first-order chi connectivity index (χ1) is 9.12. The molecule has 1 unspecified atom stereocenters. The second kappa shape index (κ2) is 6.35. The van der Waals surface area contributed by atoms with Gasteiger partial charge in [0.05, 0.1) is 0 Å². The summed E-state index contributed by atoms with van der Waals surface area (Å²) < 4.78 is 0. The van der Waals surface area contributed by atoms with Gasteiger partial charge in [0, 0.05) is 32.4 Å². The van der Waals surface area contributed by atoms with Crippen molar-refractivity contribution in [2.45, 2.75) is 26.3 Å². The van der Waals surface area contributed by atoms with Gasteiger partial charge in [0.25, 0.3) is 0 Å². The first-order valence-corrected chi connectivity index (χ1v) is 7.22. The number of aromatic nitrogens is 1. The van der Waals surface area contributed by atoms with Gasteiger partial charge in [0.15, 0.2) is 0 Å². The molecule has 4 heteroatoms. The Hall–Kier alpha value is -1.13. The van der Waals surface area contributed by atoms with E-state index in [9.17, 15) is 0 Å². The third-order valence-electron chi connectivity index (χ3n) is 3.93. The number of nitrogens with two attached hydrogens (primary N) is 1. The number of rotatable bonds is 5. The summed E-state index contributed by atoms with van der Waals surface area (Å²) in [4.78, 5) is 9.40. The SMILES string of the molecule is CCc1cc(CN)cc(N(C)CC2CCN(C)C2)n1. The minimum absolute atomic E-state index is 0.586. The molecular formula is C15H26N4. The van der Waals surface area contributed by atoms with Gasteiger partial charge in [-0.1, -0.05) is 6.92 Å². The molecule has 106 valence electrons. The molecule has 0 bridgehead atoms. The number of pyridine rings is 1. The van der Waals surface area contributed by atoms with Crippen molar-refractivity contribution in [3.8, 4) is 0 Å². The van der Waals surface area contributed by atoms with Crippen LogP contribution >= 0.6 is 0 Å². The fraction of sp³-hybridized carbons (Fsp3) is 0.667. The van der Waals surface area contributed by atoms with Crippen LogP contribution in [0.25, 0.3) is 0 Å². The van der Waals surface area contributed by atoms with Gasteiger partial charge in [-0.25, -0.2) is 4.98 Å². The molecular weight excluding hydrogens is 236 g/mol.